The highest BCUT2D eigenvalue weighted by Crippen LogP contribution is 2.41. The van der Waals surface area contributed by atoms with Crippen LogP contribution in [0.15, 0.2) is 6.07 Å². The molecule has 1 aliphatic heterocycles. The van der Waals surface area contributed by atoms with Gasteiger partial charge in [-0.2, -0.15) is 0 Å². The summed E-state index contributed by atoms with van der Waals surface area (Å²) in [5.41, 5.74) is 5.11. The number of carbonyl (C=O) groups is 2. The van der Waals surface area contributed by atoms with Crippen molar-refractivity contribution in [3.63, 3.8) is 0 Å². The number of benzene rings is 1. The van der Waals surface area contributed by atoms with Crippen LogP contribution < -0.4 is 10.6 Å². The molecule has 0 aromatic heterocycles. The van der Waals surface area contributed by atoms with Crippen molar-refractivity contribution in [2.75, 3.05) is 18.4 Å². The minimum atomic E-state index is 0. The zero-order chi connectivity index (χ0) is 17.3. The van der Waals surface area contributed by atoms with E-state index in [2.05, 4.69) is 30.5 Å². The molecule has 1 aromatic rings. The van der Waals surface area contributed by atoms with Crippen molar-refractivity contribution in [3.8, 4) is 0 Å². The normalized spacial score (nSPS) is 21.9. The Labute approximate surface area is 156 Å². The molecule has 4 nitrogen and oxygen atoms in total. The molecule has 0 radical (unpaired) electrons. The molecule has 1 amide bonds. The van der Waals surface area contributed by atoms with Crippen molar-refractivity contribution in [1.29, 1.82) is 0 Å². The topological polar surface area (TPSA) is 58.2 Å². The van der Waals surface area contributed by atoms with E-state index in [1.54, 1.807) is 0 Å². The highest BCUT2D eigenvalue weighted by molar-refractivity contribution is 6.06. The molecule has 2 aliphatic rings. The summed E-state index contributed by atoms with van der Waals surface area (Å²) < 4.78 is 0. The van der Waals surface area contributed by atoms with Gasteiger partial charge in [-0.3, -0.25) is 9.59 Å². The van der Waals surface area contributed by atoms with E-state index in [1.165, 1.54) is 12.0 Å². The van der Waals surface area contributed by atoms with Gasteiger partial charge in [0, 0.05) is 30.1 Å². The summed E-state index contributed by atoms with van der Waals surface area (Å²) in [4.78, 5) is 25.0. The molecule has 0 saturated carbocycles. The number of nitrogens with one attached hydrogen (secondary N) is 2. The molecule has 1 aliphatic carbocycles. The summed E-state index contributed by atoms with van der Waals surface area (Å²) in [7, 11) is 0. The number of rotatable bonds is 5. The first-order valence-electron chi connectivity index (χ1n) is 9.24. The number of Topliss-reactive ketones (excluding diaryl/α,β-unsaturated/α-hetero) is 1. The third-order valence-electron chi connectivity index (χ3n) is 5.37. The van der Waals surface area contributed by atoms with Gasteiger partial charge < -0.3 is 10.6 Å². The minimum Gasteiger partial charge on any atom is -0.326 e. The fourth-order valence-corrected chi connectivity index (χ4v) is 4.07. The molecule has 1 heterocycles. The average Bonchev–Trinajstić information content (AvgIpc) is 2.54. The Balaban J connectivity index is 0.00000225. The molecule has 138 valence electrons. The Bertz CT molecular complexity index is 672. The van der Waals surface area contributed by atoms with Crippen molar-refractivity contribution in [1.82, 2.24) is 5.32 Å². The van der Waals surface area contributed by atoms with Gasteiger partial charge in [-0.05, 0) is 55.3 Å². The Kier molecular flexibility index (Phi) is 6.64. The predicted molar refractivity (Wildman–Crippen MR) is 104 cm³/mol. The fourth-order valence-electron chi connectivity index (χ4n) is 4.07. The van der Waals surface area contributed by atoms with Gasteiger partial charge in [-0.1, -0.05) is 26.3 Å². The zero-order valence-electron chi connectivity index (χ0n) is 15.4. The molecule has 2 unspecified atom stereocenters. The molecule has 2 atom stereocenters. The maximum absolute atomic E-state index is 13.1. The summed E-state index contributed by atoms with van der Waals surface area (Å²) in [6.07, 6.45) is 4.66. The van der Waals surface area contributed by atoms with Gasteiger partial charge in [0.25, 0.3) is 0 Å². The van der Waals surface area contributed by atoms with Crippen molar-refractivity contribution < 1.29 is 9.59 Å². The molecule has 1 aromatic carbocycles. The van der Waals surface area contributed by atoms with Crippen LogP contribution in [0.3, 0.4) is 0 Å². The molecular weight excluding hydrogens is 336 g/mol. The second-order valence-electron chi connectivity index (χ2n) is 7.33. The molecular formula is C20H29ClN2O2. The first kappa shape index (κ1) is 19.9. The minimum absolute atomic E-state index is 0. The SMILES string of the molecule is CCCCNCC1CCc2cc(C)c3c(c2C1=O)C(C)CC(=O)N3.Cl. The second-order valence-corrected chi connectivity index (χ2v) is 7.33. The van der Waals surface area contributed by atoms with E-state index in [1.807, 2.05) is 6.92 Å². The number of hydrogen-bond donors (Lipinski definition) is 2. The summed E-state index contributed by atoms with van der Waals surface area (Å²) in [6.45, 7) is 8.01. The van der Waals surface area contributed by atoms with E-state index in [4.69, 9.17) is 0 Å². The molecule has 5 heteroatoms. The van der Waals surface area contributed by atoms with Crippen molar-refractivity contribution in [3.05, 3.63) is 28.3 Å². The molecule has 0 bridgehead atoms. The molecule has 0 spiro atoms. The molecule has 0 fully saturated rings. The summed E-state index contributed by atoms with van der Waals surface area (Å²) in [5.74, 6) is 0.489. The highest BCUT2D eigenvalue weighted by atomic mass is 35.5. The fraction of sp³-hybridized carbons (Fsp3) is 0.600. The Morgan fingerprint density at radius 1 is 1.32 bits per heavy atom. The van der Waals surface area contributed by atoms with Crippen LogP contribution in [0.5, 0.6) is 0 Å². The third-order valence-corrected chi connectivity index (χ3v) is 5.37. The number of amides is 1. The first-order chi connectivity index (χ1) is 11.5. The maximum Gasteiger partial charge on any atom is 0.224 e. The highest BCUT2D eigenvalue weighted by Gasteiger charge is 2.35. The van der Waals surface area contributed by atoms with Crippen molar-refractivity contribution >= 4 is 29.8 Å². The Hall–Kier alpha value is -1.39. The Morgan fingerprint density at radius 2 is 2.08 bits per heavy atom. The van der Waals surface area contributed by atoms with E-state index in [-0.39, 0.29) is 35.9 Å². The largest absolute Gasteiger partial charge is 0.326 e. The van der Waals surface area contributed by atoms with Crippen LogP contribution in [0.1, 0.15) is 72.5 Å². The van der Waals surface area contributed by atoms with Gasteiger partial charge >= 0.3 is 0 Å². The summed E-state index contributed by atoms with van der Waals surface area (Å²) in [5, 5.41) is 6.43. The molecule has 25 heavy (non-hydrogen) atoms. The lowest BCUT2D eigenvalue weighted by molar-refractivity contribution is -0.116. The lowest BCUT2D eigenvalue weighted by Gasteiger charge is -2.32. The smallest absolute Gasteiger partial charge is 0.224 e. The van der Waals surface area contributed by atoms with E-state index in [0.717, 1.165) is 54.7 Å². The number of unbranched alkanes of at least 4 members (excludes halogenated alkanes) is 1. The number of halogens is 1. The van der Waals surface area contributed by atoms with E-state index in [0.29, 0.717) is 6.42 Å². The number of fused-ring (bicyclic) bond motifs is 3. The standard InChI is InChI=1S/C20H28N2O2.ClH/c1-4-5-8-21-11-15-7-6-14-9-13(3)19-17(18(14)20(15)24)12(2)10-16(23)22-19;/h9,12,15,21H,4-8,10-11H2,1-3H3,(H,22,23);1H. The van der Waals surface area contributed by atoms with Gasteiger partial charge in [-0.15, -0.1) is 12.4 Å². The van der Waals surface area contributed by atoms with Gasteiger partial charge in [-0.25, -0.2) is 0 Å². The van der Waals surface area contributed by atoms with Crippen LogP contribution in [0.2, 0.25) is 0 Å². The number of hydrogen-bond acceptors (Lipinski definition) is 3. The van der Waals surface area contributed by atoms with E-state index >= 15 is 0 Å². The van der Waals surface area contributed by atoms with Gasteiger partial charge in [0.2, 0.25) is 5.91 Å². The van der Waals surface area contributed by atoms with Crippen LogP contribution in [0, 0.1) is 12.8 Å². The van der Waals surface area contributed by atoms with Crippen LogP contribution in [-0.4, -0.2) is 24.8 Å². The number of carbonyl (C=O) groups excluding carboxylic acids is 2. The monoisotopic (exact) mass is 364 g/mol. The summed E-state index contributed by atoms with van der Waals surface area (Å²) in [6, 6.07) is 2.10. The van der Waals surface area contributed by atoms with Crippen molar-refractivity contribution in [2.45, 2.75) is 58.8 Å². The van der Waals surface area contributed by atoms with Crippen LogP contribution in [0.25, 0.3) is 0 Å². The number of anilines is 1. The van der Waals surface area contributed by atoms with Gasteiger partial charge in [0.15, 0.2) is 5.78 Å². The summed E-state index contributed by atoms with van der Waals surface area (Å²) >= 11 is 0. The zero-order valence-corrected chi connectivity index (χ0v) is 16.2. The first-order valence-corrected chi connectivity index (χ1v) is 9.24. The van der Waals surface area contributed by atoms with Crippen molar-refractivity contribution in [2.24, 2.45) is 5.92 Å². The molecule has 0 saturated heterocycles. The van der Waals surface area contributed by atoms with Crippen LogP contribution in [0.4, 0.5) is 5.69 Å². The average molecular weight is 365 g/mol. The molecule has 2 N–H and O–H groups in total. The maximum atomic E-state index is 13.1. The lowest BCUT2D eigenvalue weighted by Crippen LogP contribution is -2.35. The predicted octanol–water partition coefficient (Wildman–Crippen LogP) is 4.00. The quantitative estimate of drug-likeness (QED) is 0.776. The van der Waals surface area contributed by atoms with E-state index in [9.17, 15) is 9.59 Å². The van der Waals surface area contributed by atoms with Gasteiger partial charge in [0.1, 0.15) is 0 Å². The Morgan fingerprint density at radius 3 is 2.80 bits per heavy atom. The lowest BCUT2D eigenvalue weighted by atomic mass is 9.75. The third kappa shape index (κ3) is 3.90. The van der Waals surface area contributed by atoms with Gasteiger partial charge in [0.05, 0.1) is 0 Å². The van der Waals surface area contributed by atoms with Crippen LogP contribution in [-0.2, 0) is 11.2 Å². The molecule has 3 rings (SSSR count). The van der Waals surface area contributed by atoms with E-state index < -0.39 is 0 Å². The second kappa shape index (κ2) is 8.33. The number of aryl methyl sites for hydroxylation is 2. The van der Waals surface area contributed by atoms with Crippen LogP contribution >= 0.6 is 12.4 Å². The number of ketones is 1.